The molecular formula is C12H19NO2. The van der Waals surface area contributed by atoms with Crippen LogP contribution in [0.1, 0.15) is 32.4 Å². The Morgan fingerprint density at radius 3 is 3.07 bits per heavy atom. The molecule has 0 aromatic carbocycles. The van der Waals surface area contributed by atoms with Gasteiger partial charge in [0.2, 0.25) is 0 Å². The molecule has 2 heterocycles. The molecule has 0 radical (unpaired) electrons. The summed E-state index contributed by atoms with van der Waals surface area (Å²) >= 11 is 0. The zero-order valence-corrected chi connectivity index (χ0v) is 9.45. The molecule has 0 amide bonds. The van der Waals surface area contributed by atoms with Crippen LogP contribution in [-0.2, 0) is 11.3 Å². The minimum Gasteiger partial charge on any atom is -0.468 e. The third-order valence-corrected chi connectivity index (χ3v) is 2.84. The fourth-order valence-electron chi connectivity index (χ4n) is 2.06. The maximum Gasteiger partial charge on any atom is 0.117 e. The quantitative estimate of drug-likeness (QED) is 0.829. The lowest BCUT2D eigenvalue weighted by Gasteiger charge is -2.35. The van der Waals surface area contributed by atoms with Gasteiger partial charge in [-0.05, 0) is 38.8 Å². The molecule has 1 saturated heterocycles. The fraction of sp³-hybridized carbons (Fsp3) is 0.667. The molecule has 3 heteroatoms. The Bertz CT molecular complexity index is 293. The van der Waals surface area contributed by atoms with Gasteiger partial charge in [0.05, 0.1) is 18.4 Å². The van der Waals surface area contributed by atoms with Crippen molar-refractivity contribution in [3.63, 3.8) is 0 Å². The van der Waals surface area contributed by atoms with Crippen LogP contribution in [0.5, 0.6) is 0 Å². The summed E-state index contributed by atoms with van der Waals surface area (Å²) in [5, 5.41) is 3.51. The van der Waals surface area contributed by atoms with Crippen molar-refractivity contribution in [1.82, 2.24) is 5.32 Å². The molecule has 0 aliphatic carbocycles. The lowest BCUT2D eigenvalue weighted by Crippen LogP contribution is -2.43. The predicted octanol–water partition coefficient (Wildman–Crippen LogP) is 2.33. The van der Waals surface area contributed by atoms with Gasteiger partial charge in [-0.3, -0.25) is 0 Å². The van der Waals surface area contributed by atoms with Crippen molar-refractivity contribution in [3.8, 4) is 0 Å². The minimum absolute atomic E-state index is 0.0130. The SMILES string of the molecule is CC1(C)C[C@H](NCc2ccco2)CCO1. The van der Waals surface area contributed by atoms with E-state index in [0.717, 1.165) is 31.8 Å². The molecule has 1 aliphatic heterocycles. The van der Waals surface area contributed by atoms with E-state index in [1.165, 1.54) is 0 Å². The van der Waals surface area contributed by atoms with E-state index < -0.39 is 0 Å². The Morgan fingerprint density at radius 1 is 1.53 bits per heavy atom. The lowest BCUT2D eigenvalue weighted by atomic mass is 9.94. The molecule has 1 atom stereocenters. The molecular weight excluding hydrogens is 190 g/mol. The molecule has 0 unspecified atom stereocenters. The summed E-state index contributed by atoms with van der Waals surface area (Å²) in [6, 6.07) is 4.46. The van der Waals surface area contributed by atoms with Gasteiger partial charge in [-0.1, -0.05) is 0 Å². The maximum absolute atomic E-state index is 5.67. The first-order valence-electron chi connectivity index (χ1n) is 5.55. The third-order valence-electron chi connectivity index (χ3n) is 2.84. The van der Waals surface area contributed by atoms with Gasteiger partial charge in [-0.25, -0.2) is 0 Å². The standard InChI is InChI=1S/C12H19NO2/c1-12(2)8-10(5-7-15-12)13-9-11-4-3-6-14-11/h3-4,6,10,13H,5,7-9H2,1-2H3/t10-/m1/s1. The van der Waals surface area contributed by atoms with Crippen LogP contribution >= 0.6 is 0 Å². The molecule has 0 spiro atoms. The van der Waals surface area contributed by atoms with E-state index in [2.05, 4.69) is 19.2 Å². The van der Waals surface area contributed by atoms with Crippen molar-refractivity contribution in [1.29, 1.82) is 0 Å². The highest BCUT2D eigenvalue weighted by molar-refractivity contribution is 4.98. The number of hydrogen-bond acceptors (Lipinski definition) is 3. The van der Waals surface area contributed by atoms with E-state index in [-0.39, 0.29) is 5.60 Å². The summed E-state index contributed by atoms with van der Waals surface area (Å²) in [6.07, 6.45) is 3.86. The first-order valence-corrected chi connectivity index (χ1v) is 5.55. The van der Waals surface area contributed by atoms with Crippen molar-refractivity contribution in [2.45, 2.75) is 44.9 Å². The lowest BCUT2D eigenvalue weighted by molar-refractivity contribution is -0.0632. The second kappa shape index (κ2) is 4.37. The van der Waals surface area contributed by atoms with E-state index in [0.29, 0.717) is 6.04 Å². The zero-order chi connectivity index (χ0) is 10.7. The van der Waals surface area contributed by atoms with Gasteiger partial charge in [0.1, 0.15) is 5.76 Å². The van der Waals surface area contributed by atoms with Gasteiger partial charge in [0.25, 0.3) is 0 Å². The molecule has 1 aromatic rings. The summed E-state index contributed by atoms with van der Waals surface area (Å²) in [5.41, 5.74) is 0.0130. The Balaban J connectivity index is 1.80. The molecule has 15 heavy (non-hydrogen) atoms. The number of hydrogen-bond donors (Lipinski definition) is 1. The number of furan rings is 1. The van der Waals surface area contributed by atoms with Crippen LogP contribution < -0.4 is 5.32 Å². The first kappa shape index (κ1) is 10.7. The highest BCUT2D eigenvalue weighted by atomic mass is 16.5. The largest absolute Gasteiger partial charge is 0.468 e. The van der Waals surface area contributed by atoms with Crippen LogP contribution in [0, 0.1) is 0 Å². The topological polar surface area (TPSA) is 34.4 Å². The van der Waals surface area contributed by atoms with Gasteiger partial charge in [0.15, 0.2) is 0 Å². The minimum atomic E-state index is 0.0130. The average molecular weight is 209 g/mol. The van der Waals surface area contributed by atoms with Gasteiger partial charge in [-0.2, -0.15) is 0 Å². The molecule has 1 aromatic heterocycles. The second-order valence-corrected chi connectivity index (χ2v) is 4.76. The first-order chi connectivity index (χ1) is 7.16. The fourth-order valence-corrected chi connectivity index (χ4v) is 2.06. The molecule has 1 aliphatic rings. The van der Waals surface area contributed by atoms with E-state index in [1.54, 1.807) is 6.26 Å². The Morgan fingerprint density at radius 2 is 2.40 bits per heavy atom. The summed E-state index contributed by atoms with van der Waals surface area (Å²) < 4.78 is 11.0. The molecule has 84 valence electrons. The maximum atomic E-state index is 5.67. The summed E-state index contributed by atoms with van der Waals surface area (Å²) in [4.78, 5) is 0. The van der Waals surface area contributed by atoms with E-state index in [4.69, 9.17) is 9.15 Å². The summed E-state index contributed by atoms with van der Waals surface area (Å²) in [6.45, 7) is 5.96. The summed E-state index contributed by atoms with van der Waals surface area (Å²) in [5.74, 6) is 0.999. The monoisotopic (exact) mass is 209 g/mol. The van der Waals surface area contributed by atoms with Crippen molar-refractivity contribution in [2.24, 2.45) is 0 Å². The van der Waals surface area contributed by atoms with Crippen molar-refractivity contribution in [3.05, 3.63) is 24.2 Å². The number of nitrogens with one attached hydrogen (secondary N) is 1. The molecule has 0 saturated carbocycles. The van der Waals surface area contributed by atoms with Crippen molar-refractivity contribution in [2.75, 3.05) is 6.61 Å². The normalized spacial score (nSPS) is 25.3. The molecule has 1 fully saturated rings. The van der Waals surface area contributed by atoms with Crippen molar-refractivity contribution < 1.29 is 9.15 Å². The van der Waals surface area contributed by atoms with Gasteiger partial charge >= 0.3 is 0 Å². The van der Waals surface area contributed by atoms with E-state index in [1.807, 2.05) is 12.1 Å². The molecule has 1 N–H and O–H groups in total. The second-order valence-electron chi connectivity index (χ2n) is 4.76. The van der Waals surface area contributed by atoms with Gasteiger partial charge < -0.3 is 14.5 Å². The molecule has 2 rings (SSSR count). The smallest absolute Gasteiger partial charge is 0.117 e. The van der Waals surface area contributed by atoms with E-state index in [9.17, 15) is 0 Å². The molecule has 0 bridgehead atoms. The van der Waals surface area contributed by atoms with Crippen LogP contribution in [0.15, 0.2) is 22.8 Å². The van der Waals surface area contributed by atoms with Gasteiger partial charge in [0, 0.05) is 12.6 Å². The van der Waals surface area contributed by atoms with Gasteiger partial charge in [-0.15, -0.1) is 0 Å². The third kappa shape index (κ3) is 3.08. The Kier molecular flexibility index (Phi) is 3.12. The van der Waals surface area contributed by atoms with Crippen LogP contribution in [0.25, 0.3) is 0 Å². The van der Waals surface area contributed by atoms with Crippen LogP contribution in [-0.4, -0.2) is 18.2 Å². The van der Waals surface area contributed by atoms with Crippen LogP contribution in [0.2, 0.25) is 0 Å². The Labute approximate surface area is 90.8 Å². The summed E-state index contributed by atoms with van der Waals surface area (Å²) in [7, 11) is 0. The average Bonchev–Trinajstić information content (AvgIpc) is 2.65. The van der Waals surface area contributed by atoms with Crippen LogP contribution in [0.3, 0.4) is 0 Å². The highest BCUT2D eigenvalue weighted by Crippen LogP contribution is 2.24. The highest BCUT2D eigenvalue weighted by Gasteiger charge is 2.28. The number of ether oxygens (including phenoxy) is 1. The zero-order valence-electron chi connectivity index (χ0n) is 9.45. The van der Waals surface area contributed by atoms with Crippen molar-refractivity contribution >= 4 is 0 Å². The number of rotatable bonds is 3. The Hall–Kier alpha value is -0.800. The van der Waals surface area contributed by atoms with Crippen LogP contribution in [0.4, 0.5) is 0 Å². The van der Waals surface area contributed by atoms with E-state index >= 15 is 0 Å². The predicted molar refractivity (Wildman–Crippen MR) is 58.6 cm³/mol. The molecule has 3 nitrogen and oxygen atoms in total.